The van der Waals surface area contributed by atoms with Crippen molar-refractivity contribution in [3.8, 4) is 0 Å². The maximum Gasteiger partial charge on any atom is 0.245 e. The fourth-order valence-corrected chi connectivity index (χ4v) is 6.89. The number of halogens is 3. The summed E-state index contributed by atoms with van der Waals surface area (Å²) in [5.41, 5.74) is 0. The molecule has 1 saturated carbocycles. The normalized spacial score (nSPS) is 22.5. The van der Waals surface area contributed by atoms with E-state index in [1.807, 2.05) is 0 Å². The summed E-state index contributed by atoms with van der Waals surface area (Å²) in [4.78, 5) is 0.0970. The average Bonchev–Trinajstić information content (AvgIpc) is 3.10. The molecule has 0 aromatic heterocycles. The average molecular weight is 457 g/mol. The Bertz CT molecular complexity index is 650. The van der Waals surface area contributed by atoms with Crippen LogP contribution in [0.15, 0.2) is 26.0 Å². The van der Waals surface area contributed by atoms with E-state index in [0.29, 0.717) is 19.8 Å². The predicted molar refractivity (Wildman–Crippen MR) is 87.6 cm³/mol. The molecule has 0 N–H and O–H groups in total. The van der Waals surface area contributed by atoms with Gasteiger partial charge in [0.05, 0.1) is 6.61 Å². The lowest BCUT2D eigenvalue weighted by molar-refractivity contribution is 0.180. The lowest BCUT2D eigenvalue weighted by Gasteiger charge is -2.25. The molecule has 2 aliphatic rings. The van der Waals surface area contributed by atoms with Crippen LogP contribution in [0.3, 0.4) is 0 Å². The Hall–Kier alpha value is -0.0200. The van der Waals surface area contributed by atoms with E-state index in [4.69, 9.17) is 4.74 Å². The van der Waals surface area contributed by atoms with Gasteiger partial charge in [-0.3, -0.25) is 0 Å². The molecule has 0 bridgehead atoms. The van der Waals surface area contributed by atoms with Crippen molar-refractivity contribution < 1.29 is 17.5 Å². The van der Waals surface area contributed by atoms with Crippen LogP contribution in [-0.4, -0.2) is 38.5 Å². The molecule has 1 aliphatic carbocycles. The summed E-state index contributed by atoms with van der Waals surface area (Å²) >= 11 is 6.37. The largest absolute Gasteiger partial charge is 0.381 e. The standard InChI is InChI=1S/C14H16Br2FNO3S/c15-12-5-10(17)6-13(16)14(12)22(19,20)18(11-1-2-11)7-9-3-4-21-8-9/h5-6,9,11H,1-4,7-8H2. The van der Waals surface area contributed by atoms with E-state index in [1.165, 1.54) is 12.1 Å². The van der Waals surface area contributed by atoms with Crippen LogP contribution in [0.4, 0.5) is 4.39 Å². The Kier molecular flexibility index (Phi) is 4.95. The van der Waals surface area contributed by atoms with Crippen molar-refractivity contribution in [1.82, 2.24) is 4.31 Å². The van der Waals surface area contributed by atoms with Crippen LogP contribution in [0.5, 0.6) is 0 Å². The van der Waals surface area contributed by atoms with Crippen molar-refractivity contribution in [2.24, 2.45) is 5.92 Å². The summed E-state index contributed by atoms with van der Waals surface area (Å²) < 4.78 is 46.9. The van der Waals surface area contributed by atoms with Crippen molar-refractivity contribution in [3.05, 3.63) is 26.9 Å². The summed E-state index contributed by atoms with van der Waals surface area (Å²) in [6, 6.07) is 2.41. The molecule has 1 atom stereocenters. The van der Waals surface area contributed by atoms with Crippen LogP contribution in [0.1, 0.15) is 19.3 Å². The highest BCUT2D eigenvalue weighted by molar-refractivity contribution is 9.11. The van der Waals surface area contributed by atoms with Crippen LogP contribution < -0.4 is 0 Å². The molecule has 0 spiro atoms. The Labute approximate surface area is 146 Å². The third-order valence-electron chi connectivity index (χ3n) is 3.95. The van der Waals surface area contributed by atoms with Gasteiger partial charge in [-0.25, -0.2) is 12.8 Å². The van der Waals surface area contributed by atoms with Crippen LogP contribution in [0.2, 0.25) is 0 Å². The molecule has 4 nitrogen and oxygen atoms in total. The van der Waals surface area contributed by atoms with Gasteiger partial charge < -0.3 is 4.74 Å². The third kappa shape index (κ3) is 3.40. The smallest absolute Gasteiger partial charge is 0.245 e. The Morgan fingerprint density at radius 1 is 1.23 bits per heavy atom. The van der Waals surface area contributed by atoms with Gasteiger partial charge in [-0.2, -0.15) is 4.31 Å². The van der Waals surface area contributed by atoms with Crippen LogP contribution >= 0.6 is 31.9 Å². The monoisotopic (exact) mass is 455 g/mol. The quantitative estimate of drug-likeness (QED) is 0.680. The molecule has 3 rings (SSSR count). The first kappa shape index (κ1) is 16.8. The lowest BCUT2D eigenvalue weighted by atomic mass is 10.1. The van der Waals surface area contributed by atoms with Crippen molar-refractivity contribution in [2.75, 3.05) is 19.8 Å². The first-order valence-electron chi connectivity index (χ1n) is 7.13. The fraction of sp³-hybridized carbons (Fsp3) is 0.571. The van der Waals surface area contributed by atoms with Gasteiger partial charge in [0.2, 0.25) is 10.0 Å². The van der Waals surface area contributed by atoms with Gasteiger partial charge in [0.25, 0.3) is 0 Å². The molecule has 1 aromatic rings. The van der Waals surface area contributed by atoms with E-state index >= 15 is 0 Å². The van der Waals surface area contributed by atoms with Gasteiger partial charge in [-0.15, -0.1) is 0 Å². The predicted octanol–water partition coefficient (Wildman–Crippen LogP) is 3.54. The van der Waals surface area contributed by atoms with Crippen molar-refractivity contribution in [1.29, 1.82) is 0 Å². The first-order chi connectivity index (χ1) is 10.4. The zero-order valence-corrected chi connectivity index (χ0v) is 15.8. The molecule has 0 radical (unpaired) electrons. The summed E-state index contributed by atoms with van der Waals surface area (Å²) in [7, 11) is -3.69. The summed E-state index contributed by atoms with van der Waals surface area (Å²) in [6.07, 6.45) is 2.64. The summed E-state index contributed by atoms with van der Waals surface area (Å²) in [5.74, 6) is -0.256. The maximum atomic E-state index is 13.4. The SMILES string of the molecule is O=S(=O)(c1c(Br)cc(F)cc1Br)N(CC1CCOC1)C1CC1. The van der Waals surface area contributed by atoms with Crippen molar-refractivity contribution >= 4 is 41.9 Å². The summed E-state index contributed by atoms with van der Waals surface area (Å²) in [6.45, 7) is 1.75. The maximum absolute atomic E-state index is 13.4. The molecule has 1 heterocycles. The second-order valence-corrected chi connectivity index (χ2v) is 9.27. The van der Waals surface area contributed by atoms with Crippen LogP contribution in [0, 0.1) is 11.7 Å². The van der Waals surface area contributed by atoms with Gasteiger partial charge in [-0.1, -0.05) is 0 Å². The number of hydrogen-bond acceptors (Lipinski definition) is 3. The first-order valence-corrected chi connectivity index (χ1v) is 10.2. The fourth-order valence-electron chi connectivity index (χ4n) is 2.68. The van der Waals surface area contributed by atoms with Crippen LogP contribution in [-0.2, 0) is 14.8 Å². The molecular formula is C14H16Br2FNO3S. The van der Waals surface area contributed by atoms with Gasteiger partial charge in [0.15, 0.2) is 0 Å². The van der Waals surface area contributed by atoms with E-state index in [9.17, 15) is 12.8 Å². The second kappa shape index (κ2) is 6.47. The molecule has 1 saturated heterocycles. The minimum absolute atomic E-state index is 0.0504. The highest BCUT2D eigenvalue weighted by Crippen LogP contribution is 2.39. The minimum atomic E-state index is -3.69. The Morgan fingerprint density at radius 2 is 1.86 bits per heavy atom. The molecule has 22 heavy (non-hydrogen) atoms. The van der Waals surface area contributed by atoms with E-state index in [0.717, 1.165) is 19.3 Å². The van der Waals surface area contributed by atoms with Gasteiger partial charge >= 0.3 is 0 Å². The third-order valence-corrected chi connectivity index (χ3v) is 7.74. The molecule has 1 aromatic carbocycles. The molecular weight excluding hydrogens is 441 g/mol. The van der Waals surface area contributed by atoms with E-state index in [-0.39, 0.29) is 25.8 Å². The van der Waals surface area contributed by atoms with Crippen molar-refractivity contribution in [3.63, 3.8) is 0 Å². The van der Waals surface area contributed by atoms with Crippen molar-refractivity contribution in [2.45, 2.75) is 30.2 Å². The van der Waals surface area contributed by atoms with Gasteiger partial charge in [0.1, 0.15) is 10.7 Å². The zero-order valence-electron chi connectivity index (χ0n) is 11.8. The lowest BCUT2D eigenvalue weighted by Crippen LogP contribution is -2.37. The summed E-state index contributed by atoms with van der Waals surface area (Å²) in [5, 5.41) is 0. The number of sulfonamides is 1. The minimum Gasteiger partial charge on any atom is -0.381 e. The molecule has 2 fully saturated rings. The molecule has 1 unspecified atom stereocenters. The highest BCUT2D eigenvalue weighted by atomic mass is 79.9. The van der Waals surface area contributed by atoms with Gasteiger partial charge in [-0.05, 0) is 69.2 Å². The number of hydrogen-bond donors (Lipinski definition) is 0. The molecule has 8 heteroatoms. The molecule has 0 amide bonds. The Balaban J connectivity index is 1.95. The topological polar surface area (TPSA) is 46.6 Å². The second-order valence-electron chi connectivity index (χ2n) is 5.73. The van der Waals surface area contributed by atoms with Gasteiger partial charge in [0, 0.05) is 28.1 Å². The molecule has 122 valence electrons. The number of benzene rings is 1. The van der Waals surface area contributed by atoms with Crippen LogP contribution in [0.25, 0.3) is 0 Å². The zero-order chi connectivity index (χ0) is 15.9. The highest BCUT2D eigenvalue weighted by Gasteiger charge is 2.41. The van der Waals surface area contributed by atoms with E-state index < -0.39 is 15.8 Å². The van der Waals surface area contributed by atoms with E-state index in [1.54, 1.807) is 4.31 Å². The molecule has 1 aliphatic heterocycles. The Morgan fingerprint density at radius 3 is 2.36 bits per heavy atom. The number of nitrogens with zero attached hydrogens (tertiary/aromatic N) is 1. The van der Waals surface area contributed by atoms with E-state index in [2.05, 4.69) is 31.9 Å². The number of ether oxygens (including phenoxy) is 1. The number of rotatable bonds is 5.